The zero-order valence-corrected chi connectivity index (χ0v) is 21.2. The molecular weight excluding hydrogens is 505 g/mol. The molecule has 182 valence electrons. The number of fused-ring (bicyclic) bond motifs is 1. The van der Waals surface area contributed by atoms with Crippen LogP contribution in [0.5, 0.6) is 0 Å². The van der Waals surface area contributed by atoms with Crippen molar-refractivity contribution in [1.29, 1.82) is 5.26 Å². The second-order valence-electron chi connectivity index (χ2n) is 8.95. The lowest BCUT2D eigenvalue weighted by molar-refractivity contribution is 0.404. The number of pyridine rings is 1. The van der Waals surface area contributed by atoms with Gasteiger partial charge in [0.15, 0.2) is 11.3 Å². The number of nitrogens with zero attached hydrogens (tertiary/aromatic N) is 7. The van der Waals surface area contributed by atoms with E-state index in [1.165, 1.54) is 0 Å². The van der Waals surface area contributed by atoms with Gasteiger partial charge in [-0.15, -0.1) is 0 Å². The third-order valence-electron chi connectivity index (χ3n) is 6.79. The molecule has 0 radical (unpaired) electrons. The lowest BCUT2D eigenvalue weighted by Crippen LogP contribution is -2.37. The van der Waals surface area contributed by atoms with E-state index in [0.29, 0.717) is 34.0 Å². The summed E-state index contributed by atoms with van der Waals surface area (Å²) in [5.74, 6) is 0.696. The number of aromatic nitrogens is 5. The van der Waals surface area contributed by atoms with E-state index >= 15 is 0 Å². The summed E-state index contributed by atoms with van der Waals surface area (Å²) < 4.78 is 1.83. The van der Waals surface area contributed by atoms with Crippen LogP contribution in [0.4, 0.5) is 5.82 Å². The van der Waals surface area contributed by atoms with E-state index < -0.39 is 0 Å². The molecule has 37 heavy (non-hydrogen) atoms. The van der Waals surface area contributed by atoms with Gasteiger partial charge in [0.05, 0.1) is 28.7 Å². The quantitative estimate of drug-likeness (QED) is 0.260. The smallest absolute Gasteiger partial charge is 0.161 e. The number of hydrogen-bond acceptors (Lipinski definition) is 6. The predicted octanol–water partition coefficient (Wildman–Crippen LogP) is 6.67. The van der Waals surface area contributed by atoms with Crippen LogP contribution in [0.3, 0.4) is 0 Å². The van der Waals surface area contributed by atoms with Gasteiger partial charge < -0.3 is 4.90 Å². The molecule has 0 spiro atoms. The highest BCUT2D eigenvalue weighted by Crippen LogP contribution is 2.41. The van der Waals surface area contributed by atoms with Crippen molar-refractivity contribution in [2.45, 2.75) is 18.9 Å². The molecule has 2 unspecified atom stereocenters. The van der Waals surface area contributed by atoms with Gasteiger partial charge in [0.25, 0.3) is 0 Å². The molecule has 0 N–H and O–H groups in total. The molecule has 2 aromatic carbocycles. The second-order valence-corrected chi connectivity index (χ2v) is 9.80. The highest BCUT2D eigenvalue weighted by atomic mass is 35.5. The Labute approximate surface area is 223 Å². The Bertz CT molecular complexity index is 1610. The predicted molar refractivity (Wildman–Crippen MR) is 145 cm³/mol. The standard InChI is InChI=1S/C28H21Cl2N7/c29-21-7-5-20(6-8-21)27-25-26(35-37(27)23-4-2-1-3-22(23)30)28(34-17-33-25)36-14-11-18(16-31)15-24(36)19-9-12-32-13-10-19/h1-10,12-13,17-18,24H,11,14-15H2. The topological polar surface area (TPSA) is 83.5 Å². The number of nitriles is 1. The number of hydrogen-bond donors (Lipinski definition) is 0. The summed E-state index contributed by atoms with van der Waals surface area (Å²) in [5, 5.41) is 15.9. The van der Waals surface area contributed by atoms with Crippen LogP contribution in [0.15, 0.2) is 79.4 Å². The van der Waals surface area contributed by atoms with Crippen LogP contribution in [-0.2, 0) is 0 Å². The molecule has 0 bridgehead atoms. The van der Waals surface area contributed by atoms with Gasteiger partial charge in [-0.1, -0.05) is 47.5 Å². The first-order valence-corrected chi connectivity index (χ1v) is 12.7. The summed E-state index contributed by atoms with van der Waals surface area (Å²) in [6.45, 7) is 0.673. The first-order chi connectivity index (χ1) is 18.1. The SMILES string of the molecule is N#CC1CCN(c2ncnc3c(-c4ccc(Cl)cc4)n(-c4ccccc4Cl)nc23)C(c2ccncc2)C1. The van der Waals surface area contributed by atoms with E-state index in [1.807, 2.05) is 65.3 Å². The van der Waals surface area contributed by atoms with Crippen molar-refractivity contribution in [2.75, 3.05) is 11.4 Å². The van der Waals surface area contributed by atoms with Crippen molar-refractivity contribution in [3.63, 3.8) is 0 Å². The van der Waals surface area contributed by atoms with Crippen LogP contribution in [0, 0.1) is 17.2 Å². The molecule has 0 aliphatic carbocycles. The normalized spacial score (nSPS) is 17.6. The number of halogens is 2. The van der Waals surface area contributed by atoms with Gasteiger partial charge in [-0.3, -0.25) is 4.98 Å². The van der Waals surface area contributed by atoms with Crippen molar-refractivity contribution in [2.24, 2.45) is 5.92 Å². The number of piperidine rings is 1. The highest BCUT2D eigenvalue weighted by Gasteiger charge is 2.33. The Morgan fingerprint density at radius 2 is 1.70 bits per heavy atom. The molecule has 2 atom stereocenters. The Balaban J connectivity index is 1.57. The fourth-order valence-corrected chi connectivity index (χ4v) is 5.34. The maximum Gasteiger partial charge on any atom is 0.161 e. The second kappa shape index (κ2) is 9.81. The maximum absolute atomic E-state index is 9.68. The number of benzene rings is 2. The van der Waals surface area contributed by atoms with Gasteiger partial charge in [0, 0.05) is 29.5 Å². The van der Waals surface area contributed by atoms with Gasteiger partial charge in [0.1, 0.15) is 17.5 Å². The molecule has 4 heterocycles. The van der Waals surface area contributed by atoms with Crippen molar-refractivity contribution in [3.8, 4) is 23.0 Å². The number of para-hydroxylation sites is 1. The molecule has 1 aliphatic rings. The largest absolute Gasteiger partial charge is 0.348 e. The van der Waals surface area contributed by atoms with Crippen LogP contribution in [-0.4, -0.2) is 31.3 Å². The zero-order valence-electron chi connectivity index (χ0n) is 19.7. The third kappa shape index (κ3) is 4.29. The van der Waals surface area contributed by atoms with Gasteiger partial charge in [-0.2, -0.15) is 10.4 Å². The summed E-state index contributed by atoms with van der Waals surface area (Å²) in [4.78, 5) is 15.8. The van der Waals surface area contributed by atoms with E-state index in [-0.39, 0.29) is 12.0 Å². The van der Waals surface area contributed by atoms with Crippen molar-refractivity contribution < 1.29 is 0 Å². The minimum absolute atomic E-state index is 0.0305. The van der Waals surface area contributed by atoms with Crippen molar-refractivity contribution in [1.82, 2.24) is 24.7 Å². The van der Waals surface area contributed by atoms with Crippen LogP contribution in [0.25, 0.3) is 28.0 Å². The summed E-state index contributed by atoms with van der Waals surface area (Å²) in [5.41, 5.74) is 4.92. The summed E-state index contributed by atoms with van der Waals surface area (Å²) in [7, 11) is 0. The maximum atomic E-state index is 9.68. The molecule has 7 nitrogen and oxygen atoms in total. The van der Waals surface area contributed by atoms with Gasteiger partial charge >= 0.3 is 0 Å². The zero-order chi connectivity index (χ0) is 25.4. The fourth-order valence-electron chi connectivity index (χ4n) is 5.00. The van der Waals surface area contributed by atoms with E-state index in [2.05, 4.69) is 20.9 Å². The highest BCUT2D eigenvalue weighted by molar-refractivity contribution is 6.32. The minimum Gasteiger partial charge on any atom is -0.348 e. The monoisotopic (exact) mass is 525 g/mol. The molecule has 5 aromatic rings. The molecule has 6 rings (SSSR count). The van der Waals surface area contributed by atoms with E-state index in [0.717, 1.165) is 34.7 Å². The Morgan fingerprint density at radius 1 is 0.919 bits per heavy atom. The molecule has 1 aliphatic heterocycles. The van der Waals surface area contributed by atoms with Crippen molar-refractivity contribution >= 4 is 40.1 Å². The van der Waals surface area contributed by atoms with Gasteiger partial charge in [-0.05, 0) is 54.8 Å². The Morgan fingerprint density at radius 3 is 2.46 bits per heavy atom. The van der Waals surface area contributed by atoms with Crippen LogP contribution in [0.1, 0.15) is 24.4 Å². The van der Waals surface area contributed by atoms with Crippen molar-refractivity contribution in [3.05, 3.63) is 95.0 Å². The van der Waals surface area contributed by atoms with Crippen LogP contribution < -0.4 is 4.90 Å². The lowest BCUT2D eigenvalue weighted by atomic mass is 9.88. The van der Waals surface area contributed by atoms with Crippen LogP contribution >= 0.6 is 23.2 Å². The number of anilines is 1. The van der Waals surface area contributed by atoms with Gasteiger partial charge in [-0.25, -0.2) is 14.6 Å². The third-order valence-corrected chi connectivity index (χ3v) is 7.36. The Kier molecular flexibility index (Phi) is 6.21. The molecule has 1 fully saturated rings. The van der Waals surface area contributed by atoms with E-state index in [9.17, 15) is 5.26 Å². The molecule has 3 aromatic heterocycles. The number of rotatable bonds is 4. The minimum atomic E-state index is -0.0380. The lowest BCUT2D eigenvalue weighted by Gasteiger charge is -2.38. The average molecular weight is 526 g/mol. The first-order valence-electron chi connectivity index (χ1n) is 11.9. The Hall–Kier alpha value is -3.99. The van der Waals surface area contributed by atoms with Crippen LogP contribution in [0.2, 0.25) is 10.0 Å². The first kappa shape index (κ1) is 23.4. The van der Waals surface area contributed by atoms with Gasteiger partial charge in [0.2, 0.25) is 0 Å². The molecular formula is C28H21Cl2N7. The molecule has 0 saturated carbocycles. The molecule has 9 heteroatoms. The average Bonchev–Trinajstić information content (AvgIpc) is 3.33. The molecule has 0 amide bonds. The van der Waals surface area contributed by atoms with E-state index in [4.69, 9.17) is 33.3 Å². The fraction of sp³-hybridized carbons (Fsp3) is 0.179. The summed E-state index contributed by atoms with van der Waals surface area (Å²) in [6.07, 6.45) is 6.59. The van der Waals surface area contributed by atoms with E-state index in [1.54, 1.807) is 18.7 Å². The summed E-state index contributed by atoms with van der Waals surface area (Å²) >= 11 is 12.8. The molecule has 1 saturated heterocycles. The summed E-state index contributed by atoms with van der Waals surface area (Å²) in [6, 6.07) is 21.6.